The first kappa shape index (κ1) is 15.9. The molecule has 1 aromatic heterocycles. The number of hydrogen-bond donors (Lipinski definition) is 0. The van der Waals surface area contributed by atoms with Crippen molar-refractivity contribution in [2.75, 3.05) is 11.7 Å². The molecule has 5 heteroatoms. The molecule has 0 atom stereocenters. The van der Waals surface area contributed by atoms with Crippen LogP contribution in [0.5, 0.6) is 0 Å². The number of benzene rings is 2. The summed E-state index contributed by atoms with van der Waals surface area (Å²) in [6.45, 7) is 0.0101. The van der Waals surface area contributed by atoms with Gasteiger partial charge in [0.15, 0.2) is 5.76 Å². The molecule has 0 saturated carbocycles. The molecule has 128 valence electrons. The van der Waals surface area contributed by atoms with Gasteiger partial charge in [0.1, 0.15) is 5.82 Å². The molecule has 0 fully saturated rings. The van der Waals surface area contributed by atoms with Gasteiger partial charge in [-0.15, -0.1) is 0 Å². The van der Waals surface area contributed by atoms with Crippen molar-refractivity contribution in [1.82, 2.24) is 4.98 Å². The first-order chi connectivity index (χ1) is 12.8. The Balaban J connectivity index is 1.80. The van der Waals surface area contributed by atoms with E-state index in [2.05, 4.69) is 4.98 Å². The number of carbonyl (C=O) groups is 1. The van der Waals surface area contributed by atoms with Gasteiger partial charge < -0.3 is 9.47 Å². The largest absolute Gasteiger partial charge is 0.453 e. The van der Waals surface area contributed by atoms with E-state index in [1.54, 1.807) is 18.3 Å². The van der Waals surface area contributed by atoms with Gasteiger partial charge in [0.2, 0.25) is 12.6 Å². The second-order valence-electron chi connectivity index (χ2n) is 5.59. The number of ether oxygens (including phenoxy) is 2. The lowest BCUT2D eigenvalue weighted by Crippen LogP contribution is -2.28. The van der Waals surface area contributed by atoms with E-state index in [-0.39, 0.29) is 18.5 Å². The Morgan fingerprint density at radius 2 is 1.54 bits per heavy atom. The molecule has 26 heavy (non-hydrogen) atoms. The van der Waals surface area contributed by atoms with Gasteiger partial charge >= 0.3 is 5.91 Å². The van der Waals surface area contributed by atoms with Gasteiger partial charge in [-0.05, 0) is 24.3 Å². The van der Waals surface area contributed by atoms with Crippen LogP contribution in [0.4, 0.5) is 11.5 Å². The Hall–Kier alpha value is -3.60. The molecule has 0 bridgehead atoms. The summed E-state index contributed by atoms with van der Waals surface area (Å²) >= 11 is 0. The van der Waals surface area contributed by atoms with Gasteiger partial charge in [-0.2, -0.15) is 0 Å². The van der Waals surface area contributed by atoms with Crippen molar-refractivity contribution in [3.8, 4) is 0 Å². The van der Waals surface area contributed by atoms with Crippen LogP contribution in [-0.2, 0) is 14.3 Å². The normalized spacial score (nSPS) is 13.1. The zero-order chi connectivity index (χ0) is 17.8. The molecular formula is C21H16N2O3. The highest BCUT2D eigenvalue weighted by Gasteiger charge is 2.31. The average Bonchev–Trinajstić information content (AvgIpc) is 3.20. The van der Waals surface area contributed by atoms with Gasteiger partial charge in [-0.3, -0.25) is 9.69 Å². The molecule has 1 aliphatic heterocycles. The number of amides is 1. The Kier molecular flexibility index (Phi) is 4.35. The summed E-state index contributed by atoms with van der Waals surface area (Å²) in [6, 6.07) is 24.2. The van der Waals surface area contributed by atoms with Crippen LogP contribution >= 0.6 is 0 Å². The third kappa shape index (κ3) is 3.02. The van der Waals surface area contributed by atoms with Crippen LogP contribution in [0.15, 0.2) is 90.8 Å². The van der Waals surface area contributed by atoms with Crippen LogP contribution in [0.25, 0.3) is 5.76 Å². The molecule has 0 saturated heterocycles. The third-order valence-electron chi connectivity index (χ3n) is 3.94. The number of pyridine rings is 1. The molecule has 5 nitrogen and oxygen atoms in total. The minimum atomic E-state index is -0.328. The molecule has 2 heterocycles. The van der Waals surface area contributed by atoms with E-state index in [1.165, 1.54) is 4.90 Å². The minimum absolute atomic E-state index is 0.0101. The fraction of sp³-hybridized carbons (Fsp3) is 0.0476. The molecule has 1 aliphatic rings. The zero-order valence-electron chi connectivity index (χ0n) is 13.9. The van der Waals surface area contributed by atoms with Crippen molar-refractivity contribution in [3.05, 3.63) is 96.4 Å². The van der Waals surface area contributed by atoms with E-state index < -0.39 is 0 Å². The Bertz CT molecular complexity index is 886. The van der Waals surface area contributed by atoms with E-state index in [1.807, 2.05) is 66.7 Å². The van der Waals surface area contributed by atoms with Crippen molar-refractivity contribution >= 4 is 23.2 Å². The van der Waals surface area contributed by atoms with Gasteiger partial charge in [0.05, 0.1) is 5.69 Å². The zero-order valence-corrected chi connectivity index (χ0v) is 13.9. The maximum absolute atomic E-state index is 13.4. The van der Waals surface area contributed by atoms with Crippen LogP contribution in [-0.4, -0.2) is 17.7 Å². The molecule has 1 amide bonds. The van der Waals surface area contributed by atoms with Crippen LogP contribution in [0, 0.1) is 0 Å². The summed E-state index contributed by atoms with van der Waals surface area (Å²) in [5, 5.41) is 0. The van der Waals surface area contributed by atoms with Crippen LogP contribution in [0.1, 0.15) is 5.56 Å². The highest BCUT2D eigenvalue weighted by atomic mass is 16.7. The molecular weight excluding hydrogens is 328 g/mol. The van der Waals surface area contributed by atoms with Crippen molar-refractivity contribution in [3.63, 3.8) is 0 Å². The maximum Gasteiger partial charge on any atom is 0.303 e. The predicted molar refractivity (Wildman–Crippen MR) is 98.2 cm³/mol. The monoisotopic (exact) mass is 344 g/mol. The summed E-state index contributed by atoms with van der Waals surface area (Å²) in [6.07, 6.45) is 1.65. The fourth-order valence-electron chi connectivity index (χ4n) is 2.76. The number of hydrogen-bond acceptors (Lipinski definition) is 4. The second-order valence-corrected chi connectivity index (χ2v) is 5.59. The lowest BCUT2D eigenvalue weighted by molar-refractivity contribution is -0.117. The van der Waals surface area contributed by atoms with Crippen molar-refractivity contribution < 1.29 is 14.3 Å². The van der Waals surface area contributed by atoms with Crippen LogP contribution in [0.3, 0.4) is 0 Å². The van der Waals surface area contributed by atoms with Gasteiger partial charge in [-0.25, -0.2) is 4.98 Å². The average molecular weight is 344 g/mol. The van der Waals surface area contributed by atoms with Crippen molar-refractivity contribution in [1.29, 1.82) is 0 Å². The lowest BCUT2D eigenvalue weighted by Gasteiger charge is -2.21. The number of aromatic nitrogens is 1. The van der Waals surface area contributed by atoms with E-state index >= 15 is 0 Å². The summed E-state index contributed by atoms with van der Waals surface area (Å²) < 4.78 is 11.1. The Morgan fingerprint density at radius 1 is 0.846 bits per heavy atom. The number of para-hydroxylation sites is 1. The van der Waals surface area contributed by atoms with Gasteiger partial charge in [0, 0.05) is 11.8 Å². The van der Waals surface area contributed by atoms with E-state index in [0.29, 0.717) is 17.3 Å². The topological polar surface area (TPSA) is 51.7 Å². The van der Waals surface area contributed by atoms with Gasteiger partial charge in [-0.1, -0.05) is 54.6 Å². The summed E-state index contributed by atoms with van der Waals surface area (Å²) in [7, 11) is 0. The third-order valence-corrected chi connectivity index (χ3v) is 3.94. The highest BCUT2D eigenvalue weighted by Crippen LogP contribution is 2.32. The molecule has 0 spiro atoms. The smallest absolute Gasteiger partial charge is 0.303 e. The SMILES string of the molecule is O=C(C1=C(c2ccccc2)OCO1)N(c1ccccc1)c1ccccn1. The van der Waals surface area contributed by atoms with E-state index in [4.69, 9.17) is 9.47 Å². The number of rotatable bonds is 4. The highest BCUT2D eigenvalue weighted by molar-refractivity contribution is 6.12. The maximum atomic E-state index is 13.4. The first-order valence-corrected chi connectivity index (χ1v) is 8.20. The van der Waals surface area contributed by atoms with Crippen LogP contribution < -0.4 is 4.90 Å². The van der Waals surface area contributed by atoms with E-state index in [0.717, 1.165) is 5.56 Å². The number of nitrogens with zero attached hydrogens (tertiary/aromatic N) is 2. The molecule has 0 aliphatic carbocycles. The minimum Gasteiger partial charge on any atom is -0.453 e. The van der Waals surface area contributed by atoms with Gasteiger partial charge in [0.25, 0.3) is 0 Å². The predicted octanol–water partition coefficient (Wildman–Crippen LogP) is 4.12. The molecule has 0 N–H and O–H groups in total. The van der Waals surface area contributed by atoms with Crippen LogP contribution in [0.2, 0.25) is 0 Å². The standard InChI is InChI=1S/C21H16N2O3/c24-21(20-19(25-15-26-20)16-9-3-1-4-10-16)23(17-11-5-2-6-12-17)18-13-7-8-14-22-18/h1-14H,15H2. The first-order valence-electron chi connectivity index (χ1n) is 8.20. The van der Waals surface area contributed by atoms with E-state index in [9.17, 15) is 4.79 Å². The lowest BCUT2D eigenvalue weighted by atomic mass is 10.1. The molecule has 0 unspecified atom stereocenters. The molecule has 0 radical (unpaired) electrons. The molecule has 2 aromatic carbocycles. The number of carbonyl (C=O) groups excluding carboxylic acids is 1. The second kappa shape index (κ2) is 7.11. The quantitative estimate of drug-likeness (QED) is 0.714. The summed E-state index contributed by atoms with van der Waals surface area (Å²) in [5.74, 6) is 0.795. The molecule has 3 aromatic rings. The van der Waals surface area contributed by atoms with Crippen molar-refractivity contribution in [2.24, 2.45) is 0 Å². The number of anilines is 2. The molecule has 4 rings (SSSR count). The summed E-state index contributed by atoms with van der Waals surface area (Å²) in [4.78, 5) is 19.2. The van der Waals surface area contributed by atoms with Crippen molar-refractivity contribution in [2.45, 2.75) is 0 Å². The Labute approximate surface area is 151 Å². The Morgan fingerprint density at radius 3 is 2.23 bits per heavy atom. The fourth-order valence-corrected chi connectivity index (χ4v) is 2.76. The summed E-state index contributed by atoms with van der Waals surface area (Å²) in [5.41, 5.74) is 1.49.